The fourth-order valence-corrected chi connectivity index (χ4v) is 1.12. The Morgan fingerprint density at radius 3 is 2.93 bits per heavy atom. The highest BCUT2D eigenvalue weighted by atomic mass is 35.5. The van der Waals surface area contributed by atoms with Crippen LogP contribution < -0.4 is 10.6 Å². The number of benzene rings is 1. The molecule has 5 heteroatoms. The minimum absolute atomic E-state index is 0.0951. The molecule has 76 valence electrons. The first-order chi connectivity index (χ1) is 6.63. The fourth-order valence-electron chi connectivity index (χ4n) is 0.948. The Bertz CT molecular complexity index is 344. The van der Waals surface area contributed by atoms with Crippen molar-refractivity contribution >= 4 is 23.2 Å². The van der Waals surface area contributed by atoms with Gasteiger partial charge >= 0.3 is 0 Å². The highest BCUT2D eigenvalue weighted by Gasteiger charge is 2.06. The van der Waals surface area contributed by atoms with E-state index in [0.29, 0.717) is 5.02 Å². The highest BCUT2D eigenvalue weighted by Crippen LogP contribution is 2.19. The Hall–Kier alpha value is -1.13. The zero-order valence-electron chi connectivity index (χ0n) is 7.60. The van der Waals surface area contributed by atoms with Gasteiger partial charge in [-0.05, 0) is 25.2 Å². The van der Waals surface area contributed by atoms with E-state index in [4.69, 9.17) is 11.6 Å². The average Bonchev–Trinajstić information content (AvgIpc) is 2.12. The largest absolute Gasteiger partial charge is 0.322 e. The van der Waals surface area contributed by atoms with Gasteiger partial charge in [-0.15, -0.1) is 0 Å². The summed E-state index contributed by atoms with van der Waals surface area (Å²) in [5.74, 6) is -0.812. The second kappa shape index (κ2) is 4.93. The molecule has 0 unspecified atom stereocenters. The second-order valence-electron chi connectivity index (χ2n) is 2.70. The van der Waals surface area contributed by atoms with Gasteiger partial charge in [-0.1, -0.05) is 11.6 Å². The lowest BCUT2D eigenvalue weighted by Crippen LogP contribution is -2.25. The summed E-state index contributed by atoms with van der Waals surface area (Å²) in [6.07, 6.45) is 0. The third-order valence-corrected chi connectivity index (χ3v) is 1.77. The number of rotatable bonds is 3. The fraction of sp³-hybridized carbons (Fsp3) is 0.222. The maximum atomic E-state index is 13.1. The maximum Gasteiger partial charge on any atom is 0.238 e. The van der Waals surface area contributed by atoms with Crippen molar-refractivity contribution < 1.29 is 9.18 Å². The van der Waals surface area contributed by atoms with Crippen molar-refractivity contribution in [1.82, 2.24) is 5.32 Å². The van der Waals surface area contributed by atoms with Crippen LogP contribution in [0.2, 0.25) is 5.02 Å². The first-order valence-electron chi connectivity index (χ1n) is 4.03. The smallest absolute Gasteiger partial charge is 0.238 e. The number of amides is 1. The lowest BCUT2D eigenvalue weighted by Gasteiger charge is -2.05. The highest BCUT2D eigenvalue weighted by molar-refractivity contribution is 6.30. The lowest BCUT2D eigenvalue weighted by molar-refractivity contribution is -0.115. The molecule has 0 saturated heterocycles. The van der Waals surface area contributed by atoms with Gasteiger partial charge < -0.3 is 10.6 Å². The van der Waals surface area contributed by atoms with Crippen molar-refractivity contribution in [1.29, 1.82) is 0 Å². The Morgan fingerprint density at radius 1 is 1.57 bits per heavy atom. The molecule has 0 spiro atoms. The van der Waals surface area contributed by atoms with E-state index in [2.05, 4.69) is 10.6 Å². The van der Waals surface area contributed by atoms with E-state index < -0.39 is 5.82 Å². The van der Waals surface area contributed by atoms with Gasteiger partial charge in [0.1, 0.15) is 5.82 Å². The average molecular weight is 217 g/mol. The molecule has 14 heavy (non-hydrogen) atoms. The van der Waals surface area contributed by atoms with Gasteiger partial charge in [0.15, 0.2) is 0 Å². The number of likely N-dealkylation sites (N-methyl/N-ethyl adjacent to an activating group) is 1. The molecule has 2 N–H and O–H groups in total. The van der Waals surface area contributed by atoms with Gasteiger partial charge in [0.05, 0.1) is 12.2 Å². The van der Waals surface area contributed by atoms with Crippen molar-refractivity contribution in [3.05, 3.63) is 29.0 Å². The Balaban J connectivity index is 2.75. The molecule has 1 aromatic rings. The second-order valence-corrected chi connectivity index (χ2v) is 3.14. The molecular weight excluding hydrogens is 207 g/mol. The number of carbonyl (C=O) groups excluding carboxylic acids is 1. The molecule has 0 aliphatic heterocycles. The quantitative estimate of drug-likeness (QED) is 0.807. The molecule has 3 nitrogen and oxygen atoms in total. The predicted molar refractivity (Wildman–Crippen MR) is 54.0 cm³/mol. The Kier molecular flexibility index (Phi) is 3.85. The summed E-state index contributed by atoms with van der Waals surface area (Å²) in [4.78, 5) is 11.1. The van der Waals surface area contributed by atoms with Gasteiger partial charge in [0.25, 0.3) is 0 Å². The van der Waals surface area contributed by atoms with Crippen LogP contribution in [-0.2, 0) is 4.79 Å². The van der Waals surface area contributed by atoms with Crippen LogP contribution in [0.25, 0.3) is 0 Å². The van der Waals surface area contributed by atoms with Crippen LogP contribution in [0.5, 0.6) is 0 Å². The van der Waals surface area contributed by atoms with E-state index in [0.717, 1.165) is 0 Å². The molecule has 0 aliphatic rings. The number of anilines is 1. The molecule has 1 rings (SSSR count). The molecule has 0 heterocycles. The summed E-state index contributed by atoms with van der Waals surface area (Å²) in [6.45, 7) is 0.131. The summed E-state index contributed by atoms with van der Waals surface area (Å²) in [5.41, 5.74) is 0.0951. The molecular formula is C9H10ClFN2O. The van der Waals surface area contributed by atoms with Crippen LogP contribution in [0, 0.1) is 5.82 Å². The summed E-state index contributed by atoms with van der Waals surface area (Å²) in [7, 11) is 1.63. The van der Waals surface area contributed by atoms with E-state index >= 15 is 0 Å². The van der Waals surface area contributed by atoms with E-state index in [-0.39, 0.29) is 18.1 Å². The molecule has 1 amide bonds. The minimum Gasteiger partial charge on any atom is -0.322 e. The Morgan fingerprint density at radius 2 is 2.29 bits per heavy atom. The molecule has 0 saturated carbocycles. The summed E-state index contributed by atoms with van der Waals surface area (Å²) in [5, 5.41) is 5.43. The van der Waals surface area contributed by atoms with Crippen LogP contribution in [-0.4, -0.2) is 19.5 Å². The van der Waals surface area contributed by atoms with Crippen molar-refractivity contribution in [3.8, 4) is 0 Å². The number of halogens is 2. The van der Waals surface area contributed by atoms with Gasteiger partial charge in [-0.3, -0.25) is 4.79 Å². The van der Waals surface area contributed by atoms with Crippen LogP contribution >= 0.6 is 11.6 Å². The van der Waals surface area contributed by atoms with Crippen molar-refractivity contribution in [2.45, 2.75) is 0 Å². The van der Waals surface area contributed by atoms with E-state index in [1.807, 2.05) is 0 Å². The standard InChI is InChI=1S/C9H10ClFN2O/c1-12-5-9(14)13-8-4-6(10)2-3-7(8)11/h2-4,12H,5H2,1H3,(H,13,14). The van der Waals surface area contributed by atoms with Gasteiger partial charge in [0, 0.05) is 5.02 Å². The summed E-state index contributed by atoms with van der Waals surface area (Å²) < 4.78 is 13.1. The van der Waals surface area contributed by atoms with Gasteiger partial charge in [-0.2, -0.15) is 0 Å². The normalized spacial score (nSPS) is 9.93. The van der Waals surface area contributed by atoms with Crippen LogP contribution in [0.1, 0.15) is 0 Å². The van der Waals surface area contributed by atoms with Crippen LogP contribution in [0.3, 0.4) is 0 Å². The van der Waals surface area contributed by atoms with Crippen molar-refractivity contribution in [3.63, 3.8) is 0 Å². The van der Waals surface area contributed by atoms with Gasteiger partial charge in [-0.25, -0.2) is 4.39 Å². The zero-order valence-corrected chi connectivity index (χ0v) is 8.36. The molecule has 0 aliphatic carbocycles. The van der Waals surface area contributed by atoms with Crippen molar-refractivity contribution in [2.24, 2.45) is 0 Å². The molecule has 0 aromatic heterocycles. The van der Waals surface area contributed by atoms with Gasteiger partial charge in [0.2, 0.25) is 5.91 Å². The van der Waals surface area contributed by atoms with Crippen LogP contribution in [0.15, 0.2) is 18.2 Å². The van der Waals surface area contributed by atoms with E-state index in [1.165, 1.54) is 18.2 Å². The molecule has 1 aromatic carbocycles. The number of hydrogen-bond acceptors (Lipinski definition) is 2. The number of carbonyl (C=O) groups is 1. The van der Waals surface area contributed by atoms with Crippen LogP contribution in [0.4, 0.5) is 10.1 Å². The molecule has 0 atom stereocenters. The molecule has 0 radical (unpaired) electrons. The maximum absolute atomic E-state index is 13.1. The Labute approximate surface area is 86.3 Å². The molecule has 0 bridgehead atoms. The lowest BCUT2D eigenvalue weighted by atomic mass is 10.3. The summed E-state index contributed by atoms with van der Waals surface area (Å²) in [6, 6.07) is 3.99. The SMILES string of the molecule is CNCC(=O)Nc1cc(Cl)ccc1F. The first kappa shape index (κ1) is 10.9. The monoisotopic (exact) mass is 216 g/mol. The summed E-state index contributed by atoms with van der Waals surface area (Å²) >= 11 is 5.64. The predicted octanol–water partition coefficient (Wildman–Crippen LogP) is 1.64. The first-order valence-corrected chi connectivity index (χ1v) is 4.41. The third kappa shape index (κ3) is 2.97. The number of hydrogen-bond donors (Lipinski definition) is 2. The molecule has 0 fully saturated rings. The van der Waals surface area contributed by atoms with E-state index in [1.54, 1.807) is 7.05 Å². The minimum atomic E-state index is -0.501. The zero-order chi connectivity index (χ0) is 10.6. The van der Waals surface area contributed by atoms with Crippen molar-refractivity contribution in [2.75, 3.05) is 18.9 Å². The third-order valence-electron chi connectivity index (χ3n) is 1.54. The topological polar surface area (TPSA) is 41.1 Å². The number of nitrogens with one attached hydrogen (secondary N) is 2. The van der Waals surface area contributed by atoms with E-state index in [9.17, 15) is 9.18 Å².